The fourth-order valence-corrected chi connectivity index (χ4v) is 1.97. The van der Waals surface area contributed by atoms with E-state index in [1.165, 1.54) is 0 Å². The highest BCUT2D eigenvalue weighted by atomic mass is 32.2. The highest BCUT2D eigenvalue weighted by Gasteiger charge is 2.13. The molecule has 15 heavy (non-hydrogen) atoms. The molecule has 0 heterocycles. The zero-order valence-electron chi connectivity index (χ0n) is 10.6. The summed E-state index contributed by atoms with van der Waals surface area (Å²) >= 11 is 1.83. The molecule has 0 aliphatic carbocycles. The molecule has 0 amide bonds. The Kier molecular flexibility index (Phi) is 8.52. The molecule has 0 aliphatic rings. The van der Waals surface area contributed by atoms with Crippen LogP contribution in [0, 0.1) is 0 Å². The van der Waals surface area contributed by atoms with Crippen LogP contribution >= 0.6 is 11.8 Å². The number of ether oxygens (including phenoxy) is 1. The van der Waals surface area contributed by atoms with Crippen molar-refractivity contribution in [1.82, 2.24) is 4.90 Å². The summed E-state index contributed by atoms with van der Waals surface area (Å²) in [7, 11) is 2.04. The molecular weight excluding hydrogens is 210 g/mol. The molecule has 0 fully saturated rings. The molecule has 0 aliphatic heterocycles. The third kappa shape index (κ3) is 8.08. The van der Waals surface area contributed by atoms with Crippen molar-refractivity contribution in [1.29, 1.82) is 0 Å². The molecule has 2 unspecified atom stereocenters. The highest BCUT2D eigenvalue weighted by molar-refractivity contribution is 7.98. The van der Waals surface area contributed by atoms with Gasteiger partial charge < -0.3 is 14.7 Å². The lowest BCUT2D eigenvalue weighted by atomic mass is 10.3. The van der Waals surface area contributed by atoms with Crippen molar-refractivity contribution in [2.24, 2.45) is 0 Å². The molecule has 0 aromatic rings. The highest BCUT2D eigenvalue weighted by Crippen LogP contribution is 2.04. The number of rotatable bonds is 8. The summed E-state index contributed by atoms with van der Waals surface area (Å²) in [6, 6.07) is 0.494. The minimum atomic E-state index is -0.387. The van der Waals surface area contributed by atoms with Crippen molar-refractivity contribution in [3.05, 3.63) is 0 Å². The molecule has 0 aromatic carbocycles. The van der Waals surface area contributed by atoms with Crippen molar-refractivity contribution < 1.29 is 9.84 Å². The second-order valence-corrected chi connectivity index (χ2v) is 5.19. The fraction of sp³-hybridized carbons (Fsp3) is 1.00. The Bertz CT molecular complexity index is 156. The molecule has 0 saturated heterocycles. The van der Waals surface area contributed by atoms with Crippen LogP contribution in [0.1, 0.15) is 20.8 Å². The van der Waals surface area contributed by atoms with Crippen molar-refractivity contribution in [2.45, 2.75) is 39.0 Å². The monoisotopic (exact) mass is 235 g/mol. The van der Waals surface area contributed by atoms with Crippen LogP contribution in [0.5, 0.6) is 0 Å². The largest absolute Gasteiger partial charge is 0.389 e. The minimum Gasteiger partial charge on any atom is -0.389 e. The van der Waals surface area contributed by atoms with E-state index in [9.17, 15) is 5.11 Å². The topological polar surface area (TPSA) is 32.7 Å². The number of likely N-dealkylation sites (N-methyl/N-ethyl adjacent to an activating group) is 1. The SMILES string of the molecule is CSCC(C)N(C)CC(O)COC(C)C. The van der Waals surface area contributed by atoms with Gasteiger partial charge in [-0.3, -0.25) is 0 Å². The quantitative estimate of drug-likeness (QED) is 0.690. The van der Waals surface area contributed by atoms with Crippen LogP contribution in [0.3, 0.4) is 0 Å². The minimum absolute atomic E-state index is 0.188. The van der Waals surface area contributed by atoms with E-state index in [4.69, 9.17) is 4.74 Å². The van der Waals surface area contributed by atoms with E-state index >= 15 is 0 Å². The van der Waals surface area contributed by atoms with E-state index in [-0.39, 0.29) is 12.2 Å². The van der Waals surface area contributed by atoms with Gasteiger partial charge in [0.15, 0.2) is 0 Å². The third-order valence-corrected chi connectivity index (χ3v) is 3.10. The van der Waals surface area contributed by atoms with Crippen LogP contribution in [-0.4, -0.2) is 60.5 Å². The molecule has 0 radical (unpaired) electrons. The number of nitrogens with zero attached hydrogens (tertiary/aromatic N) is 1. The molecule has 0 spiro atoms. The van der Waals surface area contributed by atoms with Gasteiger partial charge in [-0.1, -0.05) is 0 Å². The van der Waals surface area contributed by atoms with Gasteiger partial charge in [0.2, 0.25) is 0 Å². The predicted octanol–water partition coefficient (Wildman–Crippen LogP) is 1.46. The van der Waals surface area contributed by atoms with E-state index in [2.05, 4.69) is 18.1 Å². The maximum absolute atomic E-state index is 9.71. The van der Waals surface area contributed by atoms with Gasteiger partial charge in [0.1, 0.15) is 0 Å². The average molecular weight is 235 g/mol. The first kappa shape index (κ1) is 15.2. The van der Waals surface area contributed by atoms with E-state index in [1.807, 2.05) is 32.7 Å². The Morgan fingerprint density at radius 1 is 1.33 bits per heavy atom. The molecule has 92 valence electrons. The molecule has 4 heteroatoms. The van der Waals surface area contributed by atoms with Crippen LogP contribution < -0.4 is 0 Å². The van der Waals surface area contributed by atoms with Crippen molar-refractivity contribution >= 4 is 11.8 Å². The average Bonchev–Trinajstić information content (AvgIpc) is 2.15. The van der Waals surface area contributed by atoms with Gasteiger partial charge in [0.25, 0.3) is 0 Å². The van der Waals surface area contributed by atoms with Crippen molar-refractivity contribution in [3.8, 4) is 0 Å². The van der Waals surface area contributed by atoms with Gasteiger partial charge >= 0.3 is 0 Å². The number of aliphatic hydroxyl groups excluding tert-OH is 1. The number of thioether (sulfide) groups is 1. The fourth-order valence-electron chi connectivity index (χ4n) is 1.24. The van der Waals surface area contributed by atoms with Crippen LogP contribution in [0.15, 0.2) is 0 Å². The smallest absolute Gasteiger partial charge is 0.0900 e. The van der Waals surface area contributed by atoms with Gasteiger partial charge in [-0.05, 0) is 34.1 Å². The summed E-state index contributed by atoms with van der Waals surface area (Å²) in [5, 5.41) is 9.71. The second kappa shape index (κ2) is 8.39. The zero-order chi connectivity index (χ0) is 11.8. The Morgan fingerprint density at radius 3 is 2.40 bits per heavy atom. The Morgan fingerprint density at radius 2 is 1.93 bits per heavy atom. The van der Waals surface area contributed by atoms with Crippen molar-refractivity contribution in [3.63, 3.8) is 0 Å². The summed E-state index contributed by atoms with van der Waals surface area (Å²) in [4.78, 5) is 2.17. The molecule has 0 saturated carbocycles. The Balaban J connectivity index is 3.69. The normalized spacial score (nSPS) is 16.0. The summed E-state index contributed by atoms with van der Waals surface area (Å²) < 4.78 is 5.36. The molecule has 3 nitrogen and oxygen atoms in total. The first-order chi connectivity index (χ1) is 6.97. The van der Waals surface area contributed by atoms with Crippen LogP contribution in [0.2, 0.25) is 0 Å². The maximum Gasteiger partial charge on any atom is 0.0900 e. The molecule has 1 N–H and O–H groups in total. The summed E-state index contributed by atoms with van der Waals surface area (Å²) in [5.41, 5.74) is 0. The lowest BCUT2D eigenvalue weighted by Crippen LogP contribution is -2.39. The predicted molar refractivity (Wildman–Crippen MR) is 67.6 cm³/mol. The van der Waals surface area contributed by atoms with Gasteiger partial charge in [-0.2, -0.15) is 11.8 Å². The number of hydrogen-bond acceptors (Lipinski definition) is 4. The molecule has 0 bridgehead atoms. The molecular formula is C11H25NO2S. The van der Waals surface area contributed by atoms with Crippen LogP contribution in [0.4, 0.5) is 0 Å². The van der Waals surface area contributed by atoms with Crippen molar-refractivity contribution in [2.75, 3.05) is 32.2 Å². The second-order valence-electron chi connectivity index (χ2n) is 4.28. The van der Waals surface area contributed by atoms with E-state index in [0.29, 0.717) is 19.2 Å². The van der Waals surface area contributed by atoms with Gasteiger partial charge in [-0.15, -0.1) is 0 Å². The van der Waals surface area contributed by atoms with Gasteiger partial charge in [0, 0.05) is 18.3 Å². The van der Waals surface area contributed by atoms with E-state index < -0.39 is 0 Å². The molecule has 2 atom stereocenters. The number of hydrogen-bond donors (Lipinski definition) is 1. The van der Waals surface area contributed by atoms with Crippen LogP contribution in [-0.2, 0) is 4.74 Å². The summed E-state index contributed by atoms with van der Waals surface area (Å²) in [5.74, 6) is 1.09. The first-order valence-corrected chi connectivity index (χ1v) is 6.85. The van der Waals surface area contributed by atoms with E-state index in [0.717, 1.165) is 5.75 Å². The van der Waals surface area contributed by atoms with Crippen LogP contribution in [0.25, 0.3) is 0 Å². The number of aliphatic hydroxyl groups is 1. The lowest BCUT2D eigenvalue weighted by molar-refractivity contribution is -0.00836. The lowest BCUT2D eigenvalue weighted by Gasteiger charge is -2.26. The first-order valence-electron chi connectivity index (χ1n) is 5.46. The molecule has 0 aromatic heterocycles. The standard InChI is InChI=1S/C11H25NO2S/c1-9(2)14-7-11(13)6-12(4)10(3)8-15-5/h9-11,13H,6-8H2,1-5H3. The Hall–Kier alpha value is 0.230. The summed E-state index contributed by atoms with van der Waals surface area (Å²) in [6.45, 7) is 7.23. The van der Waals surface area contributed by atoms with E-state index in [1.54, 1.807) is 0 Å². The van der Waals surface area contributed by atoms with Gasteiger partial charge in [0.05, 0.1) is 18.8 Å². The van der Waals surface area contributed by atoms with Gasteiger partial charge in [-0.25, -0.2) is 0 Å². The Labute approximate surface area is 98.2 Å². The summed E-state index contributed by atoms with van der Waals surface area (Å²) in [6.07, 6.45) is 1.90. The molecule has 0 rings (SSSR count). The maximum atomic E-state index is 9.71. The zero-order valence-corrected chi connectivity index (χ0v) is 11.4. The third-order valence-electron chi connectivity index (χ3n) is 2.28.